The van der Waals surface area contributed by atoms with Crippen LogP contribution in [0.25, 0.3) is 10.7 Å². The number of anilines is 1. The molecule has 4 heterocycles. The number of rotatable bonds is 7. The topological polar surface area (TPSA) is 139 Å². The van der Waals surface area contributed by atoms with E-state index in [4.69, 9.17) is 5.73 Å². The van der Waals surface area contributed by atoms with E-state index in [9.17, 15) is 14.0 Å². The van der Waals surface area contributed by atoms with Crippen LogP contribution in [-0.4, -0.2) is 69.1 Å². The van der Waals surface area contributed by atoms with Crippen LogP contribution in [0.5, 0.6) is 0 Å². The number of pyridine rings is 1. The number of nitrogens with one attached hydrogen (secondary N) is 2. The number of carbonyl (C=O) groups is 2. The predicted molar refractivity (Wildman–Crippen MR) is 128 cm³/mol. The lowest BCUT2D eigenvalue weighted by Crippen LogP contribution is -2.57. The molecule has 1 aliphatic heterocycles. The van der Waals surface area contributed by atoms with Gasteiger partial charge in [0.1, 0.15) is 33.3 Å². The lowest BCUT2D eigenvalue weighted by atomic mass is 9.66. The molecule has 1 saturated heterocycles. The summed E-state index contributed by atoms with van der Waals surface area (Å²) in [4.78, 5) is 35.0. The van der Waals surface area contributed by atoms with Crippen LogP contribution in [0, 0.1) is 5.82 Å². The number of halogens is 1. The summed E-state index contributed by atoms with van der Waals surface area (Å²) in [5, 5.41) is 15.3. The van der Waals surface area contributed by atoms with Crippen molar-refractivity contribution in [3.05, 3.63) is 53.0 Å². The van der Waals surface area contributed by atoms with Gasteiger partial charge in [0.15, 0.2) is 0 Å². The Morgan fingerprint density at radius 3 is 2.80 bits per heavy atom. The standard InChI is InChI=1S/C23H25FN8O2S/c24-14-3-1-8-27-19(14)23(6-2-7-23)13-29-18-5-4-15(30-31-18)21-28-11-17(35-21)22(34)32-10-9-26-16(12-32)20(25)33/h1,3-5,8,11,16,26H,2,6-7,9-10,12-13H2,(H2,25,33)(H,29,31). The third-order valence-corrected chi connectivity index (χ3v) is 7.59. The van der Waals surface area contributed by atoms with Gasteiger partial charge in [0, 0.05) is 37.8 Å². The SMILES string of the molecule is NC(=O)C1CN(C(=O)c2cnc(-c3ccc(NCC4(c5ncccc5F)CCC4)nn3)s2)CCN1. The van der Waals surface area contributed by atoms with Gasteiger partial charge in [-0.2, -0.15) is 0 Å². The van der Waals surface area contributed by atoms with Gasteiger partial charge in [-0.15, -0.1) is 21.5 Å². The number of amides is 2. The number of nitrogens with zero attached hydrogens (tertiary/aromatic N) is 5. The highest BCUT2D eigenvalue weighted by Crippen LogP contribution is 2.43. The highest BCUT2D eigenvalue weighted by Gasteiger charge is 2.41. The molecule has 0 aromatic carbocycles. The van der Waals surface area contributed by atoms with Gasteiger partial charge < -0.3 is 21.3 Å². The second-order valence-corrected chi connectivity index (χ2v) is 9.85. The summed E-state index contributed by atoms with van der Waals surface area (Å²) in [5.41, 5.74) is 6.07. The molecular weight excluding hydrogens is 471 g/mol. The summed E-state index contributed by atoms with van der Waals surface area (Å²) in [7, 11) is 0. The fourth-order valence-corrected chi connectivity index (χ4v) is 5.30. The fourth-order valence-electron chi connectivity index (χ4n) is 4.45. The summed E-state index contributed by atoms with van der Waals surface area (Å²) < 4.78 is 14.3. The van der Waals surface area contributed by atoms with Crippen molar-refractivity contribution in [1.29, 1.82) is 0 Å². The van der Waals surface area contributed by atoms with Crippen LogP contribution in [-0.2, 0) is 10.2 Å². The first kappa shape index (κ1) is 23.2. The van der Waals surface area contributed by atoms with Crippen LogP contribution in [0.4, 0.5) is 10.2 Å². The van der Waals surface area contributed by atoms with E-state index in [-0.39, 0.29) is 23.7 Å². The molecule has 182 valence electrons. The number of hydrogen-bond acceptors (Lipinski definition) is 9. The average Bonchev–Trinajstić information content (AvgIpc) is 3.35. The molecular formula is C23H25FN8O2S. The molecule has 1 aliphatic carbocycles. The smallest absolute Gasteiger partial charge is 0.265 e. The van der Waals surface area contributed by atoms with Crippen molar-refractivity contribution in [2.24, 2.45) is 5.73 Å². The first-order chi connectivity index (χ1) is 16.9. The molecule has 2 fully saturated rings. The molecule has 3 aromatic rings. The molecule has 1 unspecified atom stereocenters. The van der Waals surface area contributed by atoms with E-state index in [2.05, 4.69) is 30.8 Å². The minimum absolute atomic E-state index is 0.194. The third kappa shape index (κ3) is 4.71. The zero-order chi connectivity index (χ0) is 24.4. The van der Waals surface area contributed by atoms with E-state index in [1.165, 1.54) is 23.6 Å². The van der Waals surface area contributed by atoms with Gasteiger partial charge >= 0.3 is 0 Å². The number of nitrogens with two attached hydrogens (primary N) is 1. The Morgan fingerprint density at radius 1 is 1.26 bits per heavy atom. The van der Waals surface area contributed by atoms with Crippen molar-refractivity contribution in [2.75, 3.05) is 31.5 Å². The van der Waals surface area contributed by atoms with Crippen molar-refractivity contribution in [2.45, 2.75) is 30.7 Å². The van der Waals surface area contributed by atoms with E-state index in [1.807, 2.05) is 0 Å². The van der Waals surface area contributed by atoms with Crippen LogP contribution in [0.2, 0.25) is 0 Å². The van der Waals surface area contributed by atoms with Crippen molar-refractivity contribution in [3.8, 4) is 10.7 Å². The molecule has 12 heteroatoms. The quantitative estimate of drug-likeness (QED) is 0.448. The Labute approximate surface area is 205 Å². The molecule has 1 saturated carbocycles. The minimum Gasteiger partial charge on any atom is -0.368 e. The van der Waals surface area contributed by atoms with Gasteiger partial charge in [0.05, 0.1) is 11.9 Å². The van der Waals surface area contributed by atoms with Crippen molar-refractivity contribution < 1.29 is 14.0 Å². The second kappa shape index (κ2) is 9.62. The number of piperazine rings is 1. The van der Waals surface area contributed by atoms with E-state index in [0.717, 1.165) is 19.3 Å². The molecule has 3 aromatic heterocycles. The molecule has 0 radical (unpaired) electrons. The van der Waals surface area contributed by atoms with Crippen LogP contribution in [0.15, 0.2) is 36.7 Å². The molecule has 35 heavy (non-hydrogen) atoms. The van der Waals surface area contributed by atoms with Gasteiger partial charge in [0.2, 0.25) is 5.91 Å². The van der Waals surface area contributed by atoms with Crippen LogP contribution in [0.3, 0.4) is 0 Å². The van der Waals surface area contributed by atoms with E-state index in [1.54, 1.807) is 29.3 Å². The Balaban J connectivity index is 1.23. The molecule has 2 amide bonds. The Kier molecular flexibility index (Phi) is 6.39. The molecule has 0 spiro atoms. The number of thiazole rings is 1. The Bertz CT molecular complexity index is 1230. The number of primary amides is 1. The summed E-state index contributed by atoms with van der Waals surface area (Å²) in [5.74, 6) is -0.386. The molecule has 0 bridgehead atoms. The molecule has 2 aliphatic rings. The van der Waals surface area contributed by atoms with Crippen LogP contribution in [0.1, 0.15) is 34.6 Å². The monoisotopic (exact) mass is 496 g/mol. The molecule has 10 nitrogen and oxygen atoms in total. The van der Waals surface area contributed by atoms with Gasteiger partial charge in [-0.3, -0.25) is 14.6 Å². The first-order valence-corrected chi connectivity index (χ1v) is 12.2. The normalized spacial score (nSPS) is 19.1. The van der Waals surface area contributed by atoms with Crippen molar-refractivity contribution in [1.82, 2.24) is 30.4 Å². The maximum atomic E-state index is 14.3. The highest BCUT2D eigenvalue weighted by molar-refractivity contribution is 7.16. The van der Waals surface area contributed by atoms with Gasteiger partial charge in [-0.25, -0.2) is 9.37 Å². The largest absolute Gasteiger partial charge is 0.368 e. The summed E-state index contributed by atoms with van der Waals surface area (Å²) in [6.07, 6.45) is 5.90. The Morgan fingerprint density at radius 2 is 2.11 bits per heavy atom. The summed E-state index contributed by atoms with van der Waals surface area (Å²) in [6, 6.07) is 6.06. The maximum Gasteiger partial charge on any atom is 0.265 e. The summed E-state index contributed by atoms with van der Waals surface area (Å²) in [6.45, 7) is 1.73. The average molecular weight is 497 g/mol. The molecule has 5 rings (SSSR count). The van der Waals surface area contributed by atoms with E-state index < -0.39 is 11.9 Å². The fraction of sp³-hybridized carbons (Fsp3) is 0.391. The summed E-state index contributed by atoms with van der Waals surface area (Å²) >= 11 is 1.22. The molecule has 1 atom stereocenters. The van der Waals surface area contributed by atoms with Crippen molar-refractivity contribution >= 4 is 29.0 Å². The minimum atomic E-state index is -0.556. The van der Waals surface area contributed by atoms with Crippen molar-refractivity contribution in [3.63, 3.8) is 0 Å². The number of aromatic nitrogens is 4. The number of carbonyl (C=O) groups excluding carboxylic acids is 2. The zero-order valence-corrected chi connectivity index (χ0v) is 19.7. The first-order valence-electron chi connectivity index (χ1n) is 11.4. The predicted octanol–water partition coefficient (Wildman–Crippen LogP) is 1.57. The van der Waals surface area contributed by atoms with Crippen LogP contribution >= 0.6 is 11.3 Å². The number of hydrogen-bond donors (Lipinski definition) is 3. The third-order valence-electron chi connectivity index (χ3n) is 6.59. The van der Waals surface area contributed by atoms with Crippen LogP contribution < -0.4 is 16.4 Å². The van der Waals surface area contributed by atoms with Gasteiger partial charge in [0.25, 0.3) is 5.91 Å². The van der Waals surface area contributed by atoms with E-state index >= 15 is 0 Å². The zero-order valence-electron chi connectivity index (χ0n) is 18.9. The maximum absolute atomic E-state index is 14.3. The second-order valence-electron chi connectivity index (χ2n) is 8.81. The van der Waals surface area contributed by atoms with Gasteiger partial charge in [-0.05, 0) is 37.1 Å². The lowest BCUT2D eigenvalue weighted by molar-refractivity contribution is -0.120. The van der Waals surface area contributed by atoms with Gasteiger partial charge in [-0.1, -0.05) is 6.42 Å². The molecule has 4 N–H and O–H groups in total. The lowest BCUT2D eigenvalue weighted by Gasteiger charge is -2.41. The van der Waals surface area contributed by atoms with E-state index in [0.29, 0.717) is 46.7 Å². The highest BCUT2D eigenvalue weighted by atomic mass is 32.1. The Hall–Kier alpha value is -3.51.